The van der Waals surface area contributed by atoms with Crippen LogP contribution in [0.25, 0.3) is 0 Å². The number of likely N-dealkylation sites (tertiary alicyclic amines) is 1. The molecule has 0 radical (unpaired) electrons. The molecular formula is C18H27FN2O2. The molecule has 2 atom stereocenters. The van der Waals surface area contributed by atoms with Gasteiger partial charge in [-0.3, -0.25) is 9.69 Å². The van der Waals surface area contributed by atoms with E-state index in [1.165, 1.54) is 6.07 Å². The molecular weight excluding hydrogens is 295 g/mol. The standard InChI is InChI=1S/C18H27FN2O2/c1-2-17(8-10-22)20-18(23)15-6-4-9-21(13-15)12-14-5-3-7-16(19)11-14/h3,5,7,11,15,17,22H,2,4,6,8-10,12-13H2,1H3,(H,20,23). The number of nitrogens with one attached hydrogen (secondary N) is 1. The molecule has 1 aliphatic rings. The highest BCUT2D eigenvalue weighted by molar-refractivity contribution is 5.79. The number of aliphatic hydroxyl groups is 1. The third-order valence-electron chi connectivity index (χ3n) is 4.49. The van der Waals surface area contributed by atoms with Crippen molar-refractivity contribution in [2.75, 3.05) is 19.7 Å². The Labute approximate surface area is 137 Å². The quantitative estimate of drug-likeness (QED) is 0.810. The van der Waals surface area contributed by atoms with E-state index < -0.39 is 0 Å². The summed E-state index contributed by atoms with van der Waals surface area (Å²) in [6.45, 7) is 4.42. The van der Waals surface area contributed by atoms with Gasteiger partial charge in [-0.1, -0.05) is 19.1 Å². The van der Waals surface area contributed by atoms with Crippen LogP contribution >= 0.6 is 0 Å². The van der Waals surface area contributed by atoms with Gasteiger partial charge in [-0.05, 0) is 49.9 Å². The van der Waals surface area contributed by atoms with E-state index in [0.29, 0.717) is 19.5 Å². The fraction of sp³-hybridized carbons (Fsp3) is 0.611. The molecule has 128 valence electrons. The summed E-state index contributed by atoms with van der Waals surface area (Å²) in [4.78, 5) is 14.6. The highest BCUT2D eigenvalue weighted by atomic mass is 19.1. The lowest BCUT2D eigenvalue weighted by Gasteiger charge is -2.32. The van der Waals surface area contributed by atoms with Crippen LogP contribution in [0.1, 0.15) is 38.2 Å². The maximum Gasteiger partial charge on any atom is 0.224 e. The van der Waals surface area contributed by atoms with E-state index in [4.69, 9.17) is 5.11 Å². The molecule has 0 aromatic heterocycles. The molecule has 1 fully saturated rings. The van der Waals surface area contributed by atoms with Crippen LogP contribution in [-0.4, -0.2) is 41.7 Å². The Bertz CT molecular complexity index is 510. The van der Waals surface area contributed by atoms with Crippen LogP contribution in [0.5, 0.6) is 0 Å². The Morgan fingerprint density at radius 1 is 1.52 bits per heavy atom. The highest BCUT2D eigenvalue weighted by Crippen LogP contribution is 2.19. The Kier molecular flexibility index (Phi) is 6.99. The maximum absolute atomic E-state index is 13.3. The van der Waals surface area contributed by atoms with Crippen molar-refractivity contribution in [3.8, 4) is 0 Å². The highest BCUT2D eigenvalue weighted by Gasteiger charge is 2.26. The Hall–Kier alpha value is -1.46. The number of halogens is 1. The molecule has 0 spiro atoms. The van der Waals surface area contributed by atoms with Crippen molar-refractivity contribution in [2.24, 2.45) is 5.92 Å². The van der Waals surface area contributed by atoms with Crippen molar-refractivity contribution in [1.82, 2.24) is 10.2 Å². The fourth-order valence-corrected chi connectivity index (χ4v) is 3.16. The number of benzene rings is 1. The molecule has 0 saturated carbocycles. The van der Waals surface area contributed by atoms with Gasteiger partial charge in [0.2, 0.25) is 5.91 Å². The van der Waals surface area contributed by atoms with Crippen molar-refractivity contribution < 1.29 is 14.3 Å². The minimum atomic E-state index is -0.219. The van der Waals surface area contributed by atoms with Crippen LogP contribution in [0.15, 0.2) is 24.3 Å². The van der Waals surface area contributed by atoms with Crippen LogP contribution in [0.4, 0.5) is 4.39 Å². The average Bonchev–Trinajstić information content (AvgIpc) is 2.54. The first-order chi connectivity index (χ1) is 11.1. The zero-order valence-corrected chi connectivity index (χ0v) is 13.8. The number of hydrogen-bond acceptors (Lipinski definition) is 3. The lowest BCUT2D eigenvalue weighted by Crippen LogP contribution is -2.45. The van der Waals surface area contributed by atoms with Crippen molar-refractivity contribution >= 4 is 5.91 Å². The molecule has 1 amide bonds. The topological polar surface area (TPSA) is 52.6 Å². The molecule has 4 nitrogen and oxygen atoms in total. The predicted octanol–water partition coefficient (Wildman–Crippen LogP) is 2.31. The lowest BCUT2D eigenvalue weighted by atomic mass is 9.96. The van der Waals surface area contributed by atoms with Crippen molar-refractivity contribution in [2.45, 2.75) is 45.2 Å². The SMILES string of the molecule is CCC(CCO)NC(=O)C1CCCN(Cc2cccc(F)c2)C1. The molecule has 0 aliphatic carbocycles. The molecule has 5 heteroatoms. The normalized spacial score (nSPS) is 20.2. The van der Waals surface area contributed by atoms with E-state index in [-0.39, 0.29) is 30.3 Å². The average molecular weight is 322 g/mol. The molecule has 0 bridgehead atoms. The summed E-state index contributed by atoms with van der Waals surface area (Å²) >= 11 is 0. The van der Waals surface area contributed by atoms with Crippen molar-refractivity contribution in [3.05, 3.63) is 35.6 Å². The van der Waals surface area contributed by atoms with E-state index in [0.717, 1.165) is 31.4 Å². The number of carbonyl (C=O) groups is 1. The molecule has 2 N–H and O–H groups in total. The lowest BCUT2D eigenvalue weighted by molar-refractivity contribution is -0.127. The second-order valence-electron chi connectivity index (χ2n) is 6.33. The summed E-state index contributed by atoms with van der Waals surface area (Å²) < 4.78 is 13.3. The van der Waals surface area contributed by atoms with Crippen LogP contribution in [0.3, 0.4) is 0 Å². The summed E-state index contributed by atoms with van der Waals surface area (Å²) in [7, 11) is 0. The van der Waals surface area contributed by atoms with Crippen LogP contribution in [-0.2, 0) is 11.3 Å². The second-order valence-corrected chi connectivity index (χ2v) is 6.33. The summed E-state index contributed by atoms with van der Waals surface area (Å²) in [5, 5.41) is 12.1. The molecule has 1 aromatic rings. The van der Waals surface area contributed by atoms with Crippen LogP contribution in [0.2, 0.25) is 0 Å². The first kappa shape index (κ1) is 17.9. The summed E-state index contributed by atoms with van der Waals surface area (Å²) in [6.07, 6.45) is 3.29. The number of hydrogen-bond donors (Lipinski definition) is 2. The largest absolute Gasteiger partial charge is 0.396 e. The van der Waals surface area contributed by atoms with E-state index >= 15 is 0 Å². The van der Waals surface area contributed by atoms with Gasteiger partial charge in [0.1, 0.15) is 5.82 Å². The van der Waals surface area contributed by atoms with Crippen LogP contribution < -0.4 is 5.32 Å². The van der Waals surface area contributed by atoms with E-state index in [2.05, 4.69) is 10.2 Å². The monoisotopic (exact) mass is 322 g/mol. The van der Waals surface area contributed by atoms with Gasteiger partial charge in [0.15, 0.2) is 0 Å². The first-order valence-electron chi connectivity index (χ1n) is 8.50. The maximum atomic E-state index is 13.3. The van der Waals surface area contributed by atoms with Gasteiger partial charge in [-0.2, -0.15) is 0 Å². The van der Waals surface area contributed by atoms with Crippen molar-refractivity contribution in [1.29, 1.82) is 0 Å². The predicted molar refractivity (Wildman–Crippen MR) is 88.3 cm³/mol. The van der Waals surface area contributed by atoms with Gasteiger partial charge in [0.05, 0.1) is 5.92 Å². The minimum Gasteiger partial charge on any atom is -0.396 e. The van der Waals surface area contributed by atoms with Gasteiger partial charge in [0.25, 0.3) is 0 Å². The Morgan fingerprint density at radius 3 is 3.04 bits per heavy atom. The molecule has 1 aromatic carbocycles. The Balaban J connectivity index is 1.88. The second kappa shape index (κ2) is 8.99. The molecule has 23 heavy (non-hydrogen) atoms. The van der Waals surface area contributed by atoms with Crippen LogP contribution in [0, 0.1) is 11.7 Å². The zero-order valence-electron chi connectivity index (χ0n) is 13.8. The zero-order chi connectivity index (χ0) is 16.7. The number of nitrogens with zero attached hydrogens (tertiary/aromatic N) is 1. The van der Waals surface area contributed by atoms with Gasteiger partial charge >= 0.3 is 0 Å². The summed E-state index contributed by atoms with van der Waals surface area (Å²) in [5.74, 6) is -0.164. The molecule has 1 saturated heterocycles. The molecule has 2 rings (SSSR count). The summed E-state index contributed by atoms with van der Waals surface area (Å²) in [5.41, 5.74) is 0.942. The number of piperidine rings is 1. The van der Waals surface area contributed by atoms with Gasteiger partial charge in [-0.15, -0.1) is 0 Å². The van der Waals surface area contributed by atoms with E-state index in [1.807, 2.05) is 13.0 Å². The minimum absolute atomic E-state index is 0.0231. The number of carbonyl (C=O) groups excluding carboxylic acids is 1. The fourth-order valence-electron chi connectivity index (χ4n) is 3.16. The smallest absolute Gasteiger partial charge is 0.224 e. The van der Waals surface area contributed by atoms with Gasteiger partial charge < -0.3 is 10.4 Å². The summed E-state index contributed by atoms with van der Waals surface area (Å²) in [6, 6.07) is 6.69. The number of rotatable bonds is 7. The first-order valence-corrected chi connectivity index (χ1v) is 8.50. The van der Waals surface area contributed by atoms with Crippen molar-refractivity contribution in [3.63, 3.8) is 0 Å². The molecule has 2 unspecified atom stereocenters. The number of aliphatic hydroxyl groups excluding tert-OH is 1. The molecule has 1 heterocycles. The van der Waals surface area contributed by atoms with Gasteiger partial charge in [-0.25, -0.2) is 4.39 Å². The third-order valence-corrected chi connectivity index (χ3v) is 4.49. The molecule has 1 aliphatic heterocycles. The number of amides is 1. The third kappa shape index (κ3) is 5.59. The van der Waals surface area contributed by atoms with E-state index in [9.17, 15) is 9.18 Å². The van der Waals surface area contributed by atoms with Gasteiger partial charge in [0, 0.05) is 25.7 Å². The Morgan fingerprint density at radius 2 is 2.35 bits per heavy atom. The van der Waals surface area contributed by atoms with E-state index in [1.54, 1.807) is 12.1 Å².